The quantitative estimate of drug-likeness (QED) is 0.365. The molecule has 0 spiro atoms. The molecule has 2 aromatic rings. The summed E-state index contributed by atoms with van der Waals surface area (Å²) in [6.07, 6.45) is 5.06. The summed E-state index contributed by atoms with van der Waals surface area (Å²) in [5.74, 6) is 3.67. The van der Waals surface area contributed by atoms with Crippen LogP contribution in [0.15, 0.2) is 57.2 Å². The van der Waals surface area contributed by atoms with Gasteiger partial charge in [0.05, 0.1) is 54.4 Å². The van der Waals surface area contributed by atoms with Gasteiger partial charge in [-0.3, -0.25) is 0 Å². The molecule has 2 heterocycles. The first-order chi connectivity index (χ1) is 19.0. The van der Waals surface area contributed by atoms with Gasteiger partial charge in [0.15, 0.2) is 28.2 Å². The predicted octanol–water partition coefficient (Wildman–Crippen LogP) is 6.58. The summed E-state index contributed by atoms with van der Waals surface area (Å²) >= 11 is 1.65. The number of methoxy groups -OCH3 is 6. The van der Waals surface area contributed by atoms with Crippen LogP contribution < -0.4 is 28.4 Å². The van der Waals surface area contributed by atoms with Gasteiger partial charge in [-0.05, 0) is 84.2 Å². The van der Waals surface area contributed by atoms with Crippen molar-refractivity contribution in [1.82, 2.24) is 4.90 Å². The van der Waals surface area contributed by atoms with Gasteiger partial charge in [-0.15, -0.1) is 0 Å². The summed E-state index contributed by atoms with van der Waals surface area (Å²) in [6.45, 7) is 2.13. The average molecular weight is 551 g/mol. The van der Waals surface area contributed by atoms with Gasteiger partial charge in [0, 0.05) is 5.70 Å². The molecule has 0 bridgehead atoms. The van der Waals surface area contributed by atoms with Crippen LogP contribution in [0.4, 0.5) is 0 Å². The second kappa shape index (κ2) is 11.2. The Bertz CT molecular complexity index is 1360. The molecular weight excluding hydrogens is 516 g/mol. The van der Waals surface area contributed by atoms with E-state index in [1.165, 1.54) is 11.1 Å². The van der Waals surface area contributed by atoms with E-state index in [0.717, 1.165) is 47.0 Å². The van der Waals surface area contributed by atoms with Crippen molar-refractivity contribution in [2.75, 3.05) is 42.7 Å². The van der Waals surface area contributed by atoms with E-state index in [9.17, 15) is 0 Å². The highest BCUT2D eigenvalue weighted by Crippen LogP contribution is 2.51. The van der Waals surface area contributed by atoms with Crippen molar-refractivity contribution in [3.63, 3.8) is 0 Å². The first kappa shape index (κ1) is 26.9. The van der Waals surface area contributed by atoms with Gasteiger partial charge < -0.3 is 33.3 Å². The normalized spacial score (nSPS) is 19.2. The van der Waals surface area contributed by atoms with Crippen LogP contribution >= 0.6 is 11.8 Å². The molecule has 39 heavy (non-hydrogen) atoms. The molecule has 0 fully saturated rings. The minimum atomic E-state index is -0.0453. The standard InChI is InChI=1S/C30H34N2O6S/c1-17-16-39-30-31-26-19(11-18-12-22(33-2)28(37-6)23(13-18)34-3)9-8-10-21(26)27(32(17)30)20-14-24(35-4)29(38-7)25(15-20)36-5/h11-16,27H,8-10H2,1-7H3/b19-11+. The lowest BCUT2D eigenvalue weighted by molar-refractivity contribution is 0.321. The molecule has 206 valence electrons. The number of hydrogen-bond donors (Lipinski definition) is 0. The largest absolute Gasteiger partial charge is 0.493 e. The number of allylic oxidation sites excluding steroid dienone is 2. The summed E-state index contributed by atoms with van der Waals surface area (Å²) in [7, 11) is 9.79. The zero-order valence-electron chi connectivity index (χ0n) is 23.4. The molecule has 5 rings (SSSR count). The topological polar surface area (TPSA) is 71.0 Å². The van der Waals surface area contributed by atoms with Crippen LogP contribution in [0.2, 0.25) is 0 Å². The zero-order chi connectivity index (χ0) is 27.7. The Morgan fingerprint density at radius 3 is 1.90 bits per heavy atom. The summed E-state index contributed by atoms with van der Waals surface area (Å²) < 4.78 is 33.7. The van der Waals surface area contributed by atoms with E-state index in [1.807, 2.05) is 24.3 Å². The molecule has 1 unspecified atom stereocenters. The molecule has 0 amide bonds. The number of thioether (sulfide) groups is 1. The van der Waals surface area contributed by atoms with Crippen LogP contribution in [0.1, 0.15) is 43.4 Å². The predicted molar refractivity (Wildman–Crippen MR) is 154 cm³/mol. The fraction of sp³-hybridized carbons (Fsp3) is 0.367. The molecule has 0 aromatic heterocycles. The monoisotopic (exact) mass is 550 g/mol. The van der Waals surface area contributed by atoms with Crippen LogP contribution in [-0.4, -0.2) is 52.7 Å². The van der Waals surface area contributed by atoms with Crippen molar-refractivity contribution in [3.8, 4) is 34.5 Å². The minimum absolute atomic E-state index is 0.0453. The van der Waals surface area contributed by atoms with Crippen LogP contribution in [0.3, 0.4) is 0 Å². The first-order valence-corrected chi connectivity index (χ1v) is 13.6. The van der Waals surface area contributed by atoms with E-state index in [2.05, 4.69) is 23.3 Å². The number of nitrogens with zero attached hydrogens (tertiary/aromatic N) is 2. The van der Waals surface area contributed by atoms with Gasteiger partial charge in [0.2, 0.25) is 11.5 Å². The van der Waals surface area contributed by atoms with Crippen molar-refractivity contribution in [2.45, 2.75) is 32.2 Å². The Morgan fingerprint density at radius 1 is 0.795 bits per heavy atom. The Kier molecular flexibility index (Phi) is 7.70. The number of amidine groups is 1. The van der Waals surface area contributed by atoms with Crippen molar-refractivity contribution in [2.24, 2.45) is 4.99 Å². The van der Waals surface area contributed by atoms with Gasteiger partial charge in [-0.25, -0.2) is 4.99 Å². The van der Waals surface area contributed by atoms with Crippen molar-refractivity contribution < 1.29 is 28.4 Å². The molecule has 0 saturated carbocycles. The van der Waals surface area contributed by atoms with Crippen LogP contribution in [0, 0.1) is 0 Å². The Morgan fingerprint density at radius 2 is 1.36 bits per heavy atom. The summed E-state index contributed by atoms with van der Waals surface area (Å²) in [5.41, 5.74) is 6.68. The molecule has 0 N–H and O–H groups in total. The Labute approximate surface area is 233 Å². The second-order valence-corrected chi connectivity index (χ2v) is 10.2. The third-order valence-electron chi connectivity index (χ3n) is 7.25. The van der Waals surface area contributed by atoms with E-state index in [1.54, 1.807) is 54.4 Å². The van der Waals surface area contributed by atoms with Crippen LogP contribution in [-0.2, 0) is 0 Å². The molecule has 2 aliphatic heterocycles. The van der Waals surface area contributed by atoms with Gasteiger partial charge in [0.25, 0.3) is 0 Å². The Balaban J connectivity index is 1.67. The van der Waals surface area contributed by atoms with E-state index >= 15 is 0 Å². The number of aliphatic imine (C=N–C) groups is 1. The van der Waals surface area contributed by atoms with E-state index in [4.69, 9.17) is 33.4 Å². The fourth-order valence-corrected chi connectivity index (χ4v) is 6.40. The van der Waals surface area contributed by atoms with Gasteiger partial charge >= 0.3 is 0 Å². The molecule has 2 aromatic carbocycles. The lowest BCUT2D eigenvalue weighted by atomic mass is 9.82. The summed E-state index contributed by atoms with van der Waals surface area (Å²) in [4.78, 5) is 7.51. The molecule has 1 atom stereocenters. The highest BCUT2D eigenvalue weighted by Gasteiger charge is 2.39. The maximum atomic E-state index is 5.71. The minimum Gasteiger partial charge on any atom is -0.493 e. The summed E-state index contributed by atoms with van der Waals surface area (Å²) in [5, 5.41) is 3.12. The van der Waals surface area contributed by atoms with E-state index in [-0.39, 0.29) is 6.04 Å². The first-order valence-electron chi connectivity index (χ1n) is 12.7. The lowest BCUT2D eigenvalue weighted by Crippen LogP contribution is -2.34. The number of rotatable bonds is 8. The van der Waals surface area contributed by atoms with E-state index < -0.39 is 0 Å². The van der Waals surface area contributed by atoms with E-state index in [0.29, 0.717) is 34.5 Å². The Hall–Kier alpha value is -3.72. The zero-order valence-corrected chi connectivity index (χ0v) is 24.2. The lowest BCUT2D eigenvalue weighted by Gasteiger charge is -2.39. The van der Waals surface area contributed by atoms with Gasteiger partial charge in [0.1, 0.15) is 0 Å². The summed E-state index contributed by atoms with van der Waals surface area (Å²) in [6, 6.07) is 7.99. The molecule has 8 nitrogen and oxygen atoms in total. The van der Waals surface area contributed by atoms with Crippen molar-refractivity contribution in [3.05, 3.63) is 63.3 Å². The highest BCUT2D eigenvalue weighted by atomic mass is 32.2. The number of ether oxygens (including phenoxy) is 6. The molecular formula is C30H34N2O6S. The molecule has 0 radical (unpaired) electrons. The van der Waals surface area contributed by atoms with Crippen molar-refractivity contribution >= 4 is 23.0 Å². The maximum Gasteiger partial charge on any atom is 0.203 e. The number of hydrogen-bond acceptors (Lipinski definition) is 9. The highest BCUT2D eigenvalue weighted by molar-refractivity contribution is 8.16. The second-order valence-electron chi connectivity index (χ2n) is 9.36. The van der Waals surface area contributed by atoms with Crippen LogP contribution in [0.5, 0.6) is 34.5 Å². The van der Waals surface area contributed by atoms with Gasteiger partial charge in [-0.2, -0.15) is 0 Å². The van der Waals surface area contributed by atoms with Crippen molar-refractivity contribution in [1.29, 1.82) is 0 Å². The number of fused-ring (bicyclic) bond motifs is 1. The molecule has 0 saturated heterocycles. The molecule has 1 aliphatic carbocycles. The van der Waals surface area contributed by atoms with Crippen LogP contribution in [0.25, 0.3) is 6.08 Å². The third-order valence-corrected chi connectivity index (χ3v) is 8.21. The SMILES string of the molecule is COc1cc(/C=C2\CCCC3=C2N=C2SC=C(C)N2C3c2cc(OC)c(OC)c(OC)c2)cc(OC)c1OC. The van der Waals surface area contributed by atoms with Gasteiger partial charge in [-0.1, -0.05) is 11.8 Å². The molecule has 9 heteroatoms. The fourth-order valence-electron chi connectivity index (χ4n) is 5.51. The number of benzene rings is 2. The third kappa shape index (κ3) is 4.69. The molecule has 3 aliphatic rings. The maximum absolute atomic E-state index is 5.71. The smallest absolute Gasteiger partial charge is 0.203 e. The average Bonchev–Trinajstić information content (AvgIpc) is 3.34.